The molecule has 3 nitrogen and oxygen atoms in total. The van der Waals surface area contributed by atoms with Crippen LogP contribution >= 0.6 is 34.8 Å². The zero-order chi connectivity index (χ0) is 16.3. The predicted molar refractivity (Wildman–Crippen MR) is 89.2 cm³/mol. The zero-order valence-electron chi connectivity index (χ0n) is 12.1. The topological polar surface area (TPSA) is 39.2 Å². The molecule has 0 spiro atoms. The van der Waals surface area contributed by atoms with Crippen molar-refractivity contribution in [3.8, 4) is 0 Å². The van der Waals surface area contributed by atoms with Gasteiger partial charge in [0.25, 0.3) is 0 Å². The van der Waals surface area contributed by atoms with Crippen LogP contribution in [0.4, 0.5) is 0 Å². The molecule has 0 aliphatic heterocycles. The van der Waals surface area contributed by atoms with Crippen molar-refractivity contribution in [1.29, 1.82) is 0 Å². The average Bonchev–Trinajstić information content (AvgIpc) is 2.42. The molecular formula is C16H14Cl3NO2. The number of aromatic nitrogens is 1. The molecule has 0 fully saturated rings. The summed E-state index contributed by atoms with van der Waals surface area (Å²) in [5, 5.41) is 1.44. The van der Waals surface area contributed by atoms with E-state index in [1.54, 1.807) is 38.1 Å². The van der Waals surface area contributed by atoms with Crippen LogP contribution < -0.4 is 0 Å². The minimum Gasteiger partial charge on any atom is -0.462 e. The Balaban J connectivity index is 2.37. The highest BCUT2D eigenvalue weighted by atomic mass is 35.5. The van der Waals surface area contributed by atoms with Crippen LogP contribution in [0.5, 0.6) is 0 Å². The average molecular weight is 359 g/mol. The third kappa shape index (κ3) is 3.72. The first-order chi connectivity index (χ1) is 10.4. The first kappa shape index (κ1) is 17.1. The number of esters is 1. The molecule has 0 N–H and O–H groups in total. The van der Waals surface area contributed by atoms with Gasteiger partial charge >= 0.3 is 5.97 Å². The van der Waals surface area contributed by atoms with Gasteiger partial charge in [0, 0.05) is 22.2 Å². The molecule has 6 heteroatoms. The van der Waals surface area contributed by atoms with Gasteiger partial charge in [-0.25, -0.2) is 4.79 Å². The monoisotopic (exact) mass is 357 g/mol. The van der Waals surface area contributed by atoms with Crippen LogP contribution in [0.1, 0.15) is 34.2 Å². The smallest absolute Gasteiger partial charge is 0.341 e. The lowest BCUT2D eigenvalue weighted by Crippen LogP contribution is -2.10. The number of nitrogens with zero attached hydrogens (tertiary/aromatic N) is 1. The summed E-state index contributed by atoms with van der Waals surface area (Å²) in [5.41, 5.74) is 2.27. The normalized spacial score (nSPS) is 10.6. The van der Waals surface area contributed by atoms with Crippen LogP contribution in [0.2, 0.25) is 15.1 Å². The molecule has 1 heterocycles. The second-order valence-corrected chi connectivity index (χ2v) is 5.87. The van der Waals surface area contributed by atoms with Gasteiger partial charge in [0.05, 0.1) is 22.9 Å². The fraction of sp³-hybridized carbons (Fsp3) is 0.250. The molecule has 0 saturated carbocycles. The first-order valence-electron chi connectivity index (χ1n) is 6.70. The van der Waals surface area contributed by atoms with Crippen LogP contribution in [-0.4, -0.2) is 17.6 Å². The second kappa shape index (κ2) is 7.32. The number of rotatable bonds is 4. The minimum absolute atomic E-state index is 0.283. The summed E-state index contributed by atoms with van der Waals surface area (Å²) in [6, 6.07) is 6.96. The van der Waals surface area contributed by atoms with Crippen molar-refractivity contribution in [1.82, 2.24) is 4.98 Å². The molecular weight excluding hydrogens is 345 g/mol. The summed E-state index contributed by atoms with van der Waals surface area (Å²) in [4.78, 5) is 16.3. The Bertz CT molecular complexity index is 673. The van der Waals surface area contributed by atoms with E-state index < -0.39 is 5.97 Å². The van der Waals surface area contributed by atoms with E-state index in [0.717, 1.165) is 5.56 Å². The van der Waals surface area contributed by atoms with Crippen molar-refractivity contribution in [3.05, 3.63) is 61.8 Å². The molecule has 0 saturated heterocycles. The predicted octanol–water partition coefficient (Wildman–Crippen LogP) is 5.12. The van der Waals surface area contributed by atoms with E-state index in [0.29, 0.717) is 32.9 Å². The Hall–Kier alpha value is -1.29. The van der Waals surface area contributed by atoms with Crippen molar-refractivity contribution < 1.29 is 9.53 Å². The number of carbonyl (C=O) groups excluding carboxylic acids is 1. The quantitative estimate of drug-likeness (QED) is 0.712. The second-order valence-electron chi connectivity index (χ2n) is 4.65. The molecule has 22 heavy (non-hydrogen) atoms. The number of pyridine rings is 1. The highest BCUT2D eigenvalue weighted by molar-refractivity contribution is 6.36. The fourth-order valence-corrected chi connectivity index (χ4v) is 2.99. The van der Waals surface area contributed by atoms with Crippen molar-refractivity contribution >= 4 is 40.8 Å². The Kier molecular flexibility index (Phi) is 5.68. The minimum atomic E-state index is -0.472. The summed E-state index contributed by atoms with van der Waals surface area (Å²) in [6.07, 6.45) is 0.433. The number of benzene rings is 1. The molecule has 0 radical (unpaired) electrons. The van der Waals surface area contributed by atoms with Crippen LogP contribution in [0.25, 0.3) is 0 Å². The molecule has 2 rings (SSSR count). The van der Waals surface area contributed by atoms with E-state index in [2.05, 4.69) is 4.98 Å². The highest BCUT2D eigenvalue weighted by Crippen LogP contribution is 2.28. The van der Waals surface area contributed by atoms with E-state index in [9.17, 15) is 4.79 Å². The van der Waals surface area contributed by atoms with Crippen LogP contribution in [-0.2, 0) is 11.2 Å². The molecule has 1 aromatic carbocycles. The summed E-state index contributed by atoms with van der Waals surface area (Å²) in [5.74, 6) is -0.472. The number of aryl methyl sites for hydroxylation is 1. The third-order valence-corrected chi connectivity index (χ3v) is 4.11. The Labute approximate surface area is 144 Å². The Morgan fingerprint density at radius 1 is 1.18 bits per heavy atom. The number of carbonyl (C=O) groups is 1. The fourth-order valence-electron chi connectivity index (χ4n) is 2.12. The largest absolute Gasteiger partial charge is 0.462 e. The number of hydrogen-bond donors (Lipinski definition) is 0. The standard InChI is InChI=1S/C16H14Cl3NO2/c1-3-22-16(21)15-9(2)20-10(8-14(15)19)7-11-12(17)5-4-6-13(11)18/h4-6,8H,3,7H2,1-2H3. The van der Waals surface area contributed by atoms with Gasteiger partial charge in [-0.15, -0.1) is 0 Å². The van der Waals surface area contributed by atoms with Crippen molar-refractivity contribution in [2.75, 3.05) is 6.61 Å². The van der Waals surface area contributed by atoms with Gasteiger partial charge in [0.15, 0.2) is 0 Å². The van der Waals surface area contributed by atoms with E-state index in [-0.39, 0.29) is 12.2 Å². The lowest BCUT2D eigenvalue weighted by molar-refractivity contribution is 0.0525. The lowest BCUT2D eigenvalue weighted by atomic mass is 10.1. The maximum atomic E-state index is 11.9. The molecule has 2 aromatic rings. The molecule has 0 unspecified atom stereocenters. The van der Waals surface area contributed by atoms with Crippen molar-refractivity contribution in [2.24, 2.45) is 0 Å². The SMILES string of the molecule is CCOC(=O)c1c(Cl)cc(Cc2c(Cl)cccc2Cl)nc1C. The molecule has 0 bridgehead atoms. The van der Waals surface area contributed by atoms with Gasteiger partial charge in [-0.3, -0.25) is 4.98 Å². The van der Waals surface area contributed by atoms with Gasteiger partial charge in [0.2, 0.25) is 0 Å². The van der Waals surface area contributed by atoms with Crippen LogP contribution in [0.3, 0.4) is 0 Å². The molecule has 0 atom stereocenters. The zero-order valence-corrected chi connectivity index (χ0v) is 14.4. The van der Waals surface area contributed by atoms with Gasteiger partial charge in [-0.1, -0.05) is 40.9 Å². The van der Waals surface area contributed by atoms with Crippen molar-refractivity contribution in [2.45, 2.75) is 20.3 Å². The molecule has 0 aliphatic carbocycles. The lowest BCUT2D eigenvalue weighted by Gasteiger charge is -2.11. The van der Waals surface area contributed by atoms with Gasteiger partial charge in [-0.05, 0) is 37.6 Å². The first-order valence-corrected chi connectivity index (χ1v) is 7.83. The number of halogens is 3. The van der Waals surface area contributed by atoms with E-state index >= 15 is 0 Å². The molecule has 1 aromatic heterocycles. The summed E-state index contributed by atoms with van der Waals surface area (Å²) >= 11 is 18.5. The van der Waals surface area contributed by atoms with Crippen molar-refractivity contribution in [3.63, 3.8) is 0 Å². The molecule has 0 aliphatic rings. The molecule has 116 valence electrons. The van der Waals surface area contributed by atoms with Crippen LogP contribution in [0.15, 0.2) is 24.3 Å². The van der Waals surface area contributed by atoms with E-state index in [1.165, 1.54) is 0 Å². The number of hydrogen-bond acceptors (Lipinski definition) is 3. The maximum absolute atomic E-state index is 11.9. The van der Waals surface area contributed by atoms with E-state index in [1.807, 2.05) is 0 Å². The molecule has 0 amide bonds. The Morgan fingerprint density at radius 3 is 2.36 bits per heavy atom. The summed E-state index contributed by atoms with van der Waals surface area (Å²) in [6.45, 7) is 3.74. The maximum Gasteiger partial charge on any atom is 0.341 e. The highest BCUT2D eigenvalue weighted by Gasteiger charge is 2.18. The Morgan fingerprint density at radius 2 is 1.82 bits per heavy atom. The number of ether oxygens (including phenoxy) is 1. The van der Waals surface area contributed by atoms with Gasteiger partial charge < -0.3 is 4.74 Å². The van der Waals surface area contributed by atoms with Gasteiger partial charge in [0.1, 0.15) is 0 Å². The third-order valence-electron chi connectivity index (χ3n) is 3.10. The van der Waals surface area contributed by atoms with E-state index in [4.69, 9.17) is 39.5 Å². The van der Waals surface area contributed by atoms with Gasteiger partial charge in [-0.2, -0.15) is 0 Å². The summed E-state index contributed by atoms with van der Waals surface area (Å²) < 4.78 is 4.98. The summed E-state index contributed by atoms with van der Waals surface area (Å²) in [7, 11) is 0. The van der Waals surface area contributed by atoms with Crippen LogP contribution in [0, 0.1) is 6.92 Å².